The summed E-state index contributed by atoms with van der Waals surface area (Å²) in [5.41, 5.74) is -1.30. The van der Waals surface area contributed by atoms with E-state index in [9.17, 15) is 22.8 Å². The molecule has 0 saturated heterocycles. The smallest absolute Gasteiger partial charge is 0.465 e. The molecule has 0 bridgehead atoms. The Labute approximate surface area is 139 Å². The van der Waals surface area contributed by atoms with E-state index in [0.717, 1.165) is 6.07 Å². The van der Waals surface area contributed by atoms with Gasteiger partial charge in [-0.15, -0.1) is 13.2 Å². The van der Waals surface area contributed by atoms with E-state index >= 15 is 0 Å². The first-order valence-electron chi connectivity index (χ1n) is 6.42. The molecule has 1 rings (SSSR count). The predicted octanol–water partition coefficient (Wildman–Crippen LogP) is 4.05. The van der Waals surface area contributed by atoms with Crippen LogP contribution in [0.4, 0.5) is 22.8 Å². The minimum absolute atomic E-state index is 0.195. The third-order valence-corrected chi connectivity index (χ3v) is 2.52. The topological polar surface area (TPSA) is 89.0 Å². The molecule has 0 aliphatic rings. The molecule has 0 spiro atoms. The number of pyridine rings is 1. The molecular formula is C13H14ClF3N2O5. The zero-order valence-corrected chi connectivity index (χ0v) is 13.6. The summed E-state index contributed by atoms with van der Waals surface area (Å²) in [6.45, 7) is 3.75. The quantitative estimate of drug-likeness (QED) is 0.807. The maximum absolute atomic E-state index is 12.4. The Morgan fingerprint density at radius 2 is 1.92 bits per heavy atom. The van der Waals surface area contributed by atoms with Gasteiger partial charge in [-0.25, -0.2) is 19.5 Å². The van der Waals surface area contributed by atoms with Gasteiger partial charge in [0.2, 0.25) is 0 Å². The second-order valence-electron chi connectivity index (χ2n) is 5.51. The molecule has 24 heavy (non-hydrogen) atoms. The molecule has 134 valence electrons. The molecule has 1 N–H and O–H groups in total. The number of halogens is 4. The molecule has 0 radical (unpaired) electrons. The number of ether oxygens (including phenoxy) is 2. The van der Waals surface area contributed by atoms with Crippen molar-refractivity contribution in [2.24, 2.45) is 0 Å². The van der Waals surface area contributed by atoms with Crippen LogP contribution in [0.15, 0.2) is 12.3 Å². The normalized spacial score (nSPS) is 11.8. The van der Waals surface area contributed by atoms with Crippen molar-refractivity contribution in [3.05, 3.63) is 23.0 Å². The van der Waals surface area contributed by atoms with E-state index in [1.54, 1.807) is 0 Å². The maximum atomic E-state index is 12.4. The second kappa shape index (κ2) is 7.12. The lowest BCUT2D eigenvalue weighted by molar-refractivity contribution is -0.275. The van der Waals surface area contributed by atoms with E-state index in [1.165, 1.54) is 20.8 Å². The van der Waals surface area contributed by atoms with Gasteiger partial charge in [-0.3, -0.25) is 0 Å². The molecule has 7 nitrogen and oxygen atoms in total. The summed E-state index contributed by atoms with van der Waals surface area (Å²) < 4.78 is 45.8. The summed E-state index contributed by atoms with van der Waals surface area (Å²) >= 11 is 5.61. The molecule has 1 aromatic heterocycles. The minimum Gasteiger partial charge on any atom is -0.465 e. The number of aromatic nitrogens is 1. The molecule has 0 aliphatic heterocycles. The highest BCUT2D eigenvalue weighted by Gasteiger charge is 2.34. The van der Waals surface area contributed by atoms with Crippen molar-refractivity contribution >= 4 is 23.8 Å². The lowest BCUT2D eigenvalue weighted by atomic mass is 10.2. The number of alkyl halides is 3. The van der Waals surface area contributed by atoms with Crippen molar-refractivity contribution in [2.45, 2.75) is 39.3 Å². The number of hydrogen-bond acceptors (Lipinski definition) is 5. The van der Waals surface area contributed by atoms with Crippen molar-refractivity contribution in [1.82, 2.24) is 9.88 Å². The van der Waals surface area contributed by atoms with Crippen LogP contribution in [0.3, 0.4) is 0 Å². The van der Waals surface area contributed by atoms with Gasteiger partial charge >= 0.3 is 18.5 Å². The van der Waals surface area contributed by atoms with Crippen molar-refractivity contribution in [3.8, 4) is 5.75 Å². The van der Waals surface area contributed by atoms with Gasteiger partial charge in [-0.1, -0.05) is 11.6 Å². The number of hydrogen-bond donors (Lipinski definition) is 1. The third-order valence-electron chi connectivity index (χ3n) is 2.31. The van der Waals surface area contributed by atoms with E-state index in [0.29, 0.717) is 6.20 Å². The summed E-state index contributed by atoms with van der Waals surface area (Å²) in [7, 11) is 0. The molecule has 1 aromatic rings. The van der Waals surface area contributed by atoms with Crippen LogP contribution >= 0.6 is 11.6 Å². The van der Waals surface area contributed by atoms with E-state index in [4.69, 9.17) is 21.4 Å². The number of carbonyl (C=O) groups is 2. The van der Waals surface area contributed by atoms with Crippen molar-refractivity contribution in [1.29, 1.82) is 0 Å². The summed E-state index contributed by atoms with van der Waals surface area (Å²) in [4.78, 5) is 26.8. The first-order chi connectivity index (χ1) is 10.8. The molecule has 2 amide bonds. The standard InChI is InChI=1S/C13H14ClF3N2O5/c1-12(2,3)24-11(22)19(10(20)21)6-7-4-9(14)18-5-8(7)23-13(15,16)17/h4-5H,6H2,1-3H3,(H,20,21). The predicted molar refractivity (Wildman–Crippen MR) is 75.7 cm³/mol. The van der Waals surface area contributed by atoms with Gasteiger partial charge < -0.3 is 14.6 Å². The summed E-state index contributed by atoms with van der Waals surface area (Å²) in [6.07, 6.45) is -7.30. The Kier molecular flexibility index (Phi) is 5.88. The molecule has 0 atom stereocenters. The van der Waals surface area contributed by atoms with Crippen LogP contribution in [-0.4, -0.2) is 39.1 Å². The van der Waals surface area contributed by atoms with Gasteiger partial charge in [0, 0.05) is 5.56 Å². The first kappa shape index (κ1) is 19.8. The zero-order valence-electron chi connectivity index (χ0n) is 12.8. The molecule has 1 heterocycles. The van der Waals surface area contributed by atoms with Crippen LogP contribution in [0.25, 0.3) is 0 Å². The SMILES string of the molecule is CC(C)(C)OC(=O)N(Cc1cc(Cl)ncc1OC(F)(F)F)C(=O)O. The average molecular weight is 371 g/mol. The molecular weight excluding hydrogens is 357 g/mol. The van der Waals surface area contributed by atoms with E-state index in [-0.39, 0.29) is 15.6 Å². The van der Waals surface area contributed by atoms with E-state index < -0.39 is 36.4 Å². The van der Waals surface area contributed by atoms with Gasteiger partial charge in [0.1, 0.15) is 10.8 Å². The highest BCUT2D eigenvalue weighted by Crippen LogP contribution is 2.28. The van der Waals surface area contributed by atoms with Gasteiger partial charge in [-0.05, 0) is 26.8 Å². The Balaban J connectivity index is 3.12. The Hall–Kier alpha value is -2.23. The fraction of sp³-hybridized carbons (Fsp3) is 0.462. The van der Waals surface area contributed by atoms with Crippen molar-refractivity contribution in [2.75, 3.05) is 0 Å². The lowest BCUT2D eigenvalue weighted by Crippen LogP contribution is -2.39. The average Bonchev–Trinajstić information content (AvgIpc) is 2.34. The Morgan fingerprint density at radius 3 is 2.38 bits per heavy atom. The number of rotatable bonds is 3. The van der Waals surface area contributed by atoms with Gasteiger partial charge in [0.05, 0.1) is 12.7 Å². The van der Waals surface area contributed by atoms with Crippen molar-refractivity contribution < 1.29 is 37.3 Å². The fourth-order valence-corrected chi connectivity index (χ4v) is 1.67. The summed E-state index contributed by atoms with van der Waals surface area (Å²) in [6, 6.07) is 0.961. The third kappa shape index (κ3) is 6.49. The Morgan fingerprint density at radius 1 is 1.33 bits per heavy atom. The molecule has 0 unspecified atom stereocenters. The largest absolute Gasteiger partial charge is 0.573 e. The monoisotopic (exact) mass is 370 g/mol. The molecule has 0 aromatic carbocycles. The second-order valence-corrected chi connectivity index (χ2v) is 5.90. The van der Waals surface area contributed by atoms with E-state index in [1.807, 2.05) is 0 Å². The number of carboxylic acid groups (broad SMARTS) is 1. The van der Waals surface area contributed by atoms with Gasteiger partial charge in [-0.2, -0.15) is 0 Å². The van der Waals surface area contributed by atoms with Gasteiger partial charge in [0.25, 0.3) is 0 Å². The Bertz CT molecular complexity index is 631. The highest BCUT2D eigenvalue weighted by molar-refractivity contribution is 6.29. The van der Waals surface area contributed by atoms with Crippen LogP contribution in [0.5, 0.6) is 5.75 Å². The van der Waals surface area contributed by atoms with Crippen LogP contribution in [0.1, 0.15) is 26.3 Å². The number of imide groups is 1. The molecule has 0 aliphatic carbocycles. The number of carbonyl (C=O) groups excluding carboxylic acids is 1. The number of amides is 2. The van der Waals surface area contributed by atoms with Crippen LogP contribution < -0.4 is 4.74 Å². The fourth-order valence-electron chi connectivity index (χ4n) is 1.49. The molecule has 0 saturated carbocycles. The lowest BCUT2D eigenvalue weighted by Gasteiger charge is -2.25. The van der Waals surface area contributed by atoms with Crippen LogP contribution in [-0.2, 0) is 11.3 Å². The molecule has 0 fully saturated rings. The highest BCUT2D eigenvalue weighted by atomic mass is 35.5. The summed E-state index contributed by atoms with van der Waals surface area (Å²) in [5, 5.41) is 8.91. The zero-order chi connectivity index (χ0) is 18.7. The van der Waals surface area contributed by atoms with Crippen LogP contribution in [0, 0.1) is 0 Å². The molecule has 11 heteroatoms. The summed E-state index contributed by atoms with van der Waals surface area (Å²) in [5.74, 6) is -0.776. The van der Waals surface area contributed by atoms with E-state index in [2.05, 4.69) is 9.72 Å². The van der Waals surface area contributed by atoms with Gasteiger partial charge in [0.15, 0.2) is 5.75 Å². The first-order valence-corrected chi connectivity index (χ1v) is 6.80. The van der Waals surface area contributed by atoms with Crippen LogP contribution in [0.2, 0.25) is 5.15 Å². The van der Waals surface area contributed by atoms with Crippen molar-refractivity contribution in [3.63, 3.8) is 0 Å². The maximum Gasteiger partial charge on any atom is 0.573 e. The minimum atomic E-state index is -5.02. The number of nitrogens with zero attached hydrogens (tertiary/aromatic N) is 2.